The highest BCUT2D eigenvalue weighted by atomic mass is 16.5. The van der Waals surface area contributed by atoms with Crippen LogP contribution in [0.1, 0.15) is 101 Å². The number of benzene rings is 2. The van der Waals surface area contributed by atoms with Crippen molar-refractivity contribution in [1.82, 2.24) is 0 Å². The van der Waals surface area contributed by atoms with Crippen LogP contribution in [0.25, 0.3) is 0 Å². The van der Waals surface area contributed by atoms with E-state index in [1.807, 2.05) is 30.3 Å². The van der Waals surface area contributed by atoms with Gasteiger partial charge in [0.2, 0.25) is 11.5 Å². The van der Waals surface area contributed by atoms with Crippen LogP contribution in [0.5, 0.6) is 0 Å². The minimum Gasteiger partial charge on any atom is -0.455 e. The molecule has 32 heavy (non-hydrogen) atoms. The van der Waals surface area contributed by atoms with Crippen molar-refractivity contribution in [2.75, 3.05) is 0 Å². The fourth-order valence-electron chi connectivity index (χ4n) is 5.45. The van der Waals surface area contributed by atoms with E-state index in [2.05, 4.69) is 43.1 Å². The molecule has 2 aromatic carbocycles. The number of aliphatic imine (C=N–C) groups is 1. The summed E-state index contributed by atoms with van der Waals surface area (Å²) >= 11 is 0. The van der Waals surface area contributed by atoms with Crippen molar-refractivity contribution in [3.05, 3.63) is 71.3 Å². The summed E-state index contributed by atoms with van der Waals surface area (Å²) in [5, 5.41) is 0. The van der Waals surface area contributed by atoms with Gasteiger partial charge in [0.25, 0.3) is 5.91 Å². The quantitative estimate of drug-likeness (QED) is 0.385. The molecule has 1 heterocycles. The van der Waals surface area contributed by atoms with Crippen LogP contribution in [0.3, 0.4) is 0 Å². The third-order valence-corrected chi connectivity index (χ3v) is 7.35. The molecular formula is C29H37NO2. The SMILES string of the molecule is CCCCCC1CCC(c2ccc([C@@]3(CCC)OC(c4ccccc4)=NC3=O)cc2)CC1. The highest BCUT2D eigenvalue weighted by Crippen LogP contribution is 2.41. The van der Waals surface area contributed by atoms with E-state index in [1.165, 1.54) is 56.9 Å². The van der Waals surface area contributed by atoms with Crippen LogP contribution in [0, 0.1) is 5.92 Å². The molecule has 4 rings (SSSR count). The Labute approximate surface area is 193 Å². The topological polar surface area (TPSA) is 38.7 Å². The van der Waals surface area contributed by atoms with E-state index in [-0.39, 0.29) is 5.91 Å². The minimum atomic E-state index is -0.991. The molecule has 170 valence electrons. The third-order valence-electron chi connectivity index (χ3n) is 7.35. The Hall–Kier alpha value is -2.42. The van der Waals surface area contributed by atoms with Gasteiger partial charge in [-0.1, -0.05) is 88.4 Å². The molecule has 1 fully saturated rings. The van der Waals surface area contributed by atoms with Crippen LogP contribution in [0.4, 0.5) is 0 Å². The van der Waals surface area contributed by atoms with Gasteiger partial charge in [0.1, 0.15) is 0 Å². The number of hydrogen-bond donors (Lipinski definition) is 0. The summed E-state index contributed by atoms with van der Waals surface area (Å²) in [5.41, 5.74) is 2.19. The van der Waals surface area contributed by atoms with E-state index < -0.39 is 5.60 Å². The summed E-state index contributed by atoms with van der Waals surface area (Å²) in [4.78, 5) is 17.4. The second-order valence-electron chi connectivity index (χ2n) is 9.60. The standard InChI is InChI=1S/C29H37NO2/c1-3-5-7-10-22-13-15-23(16-14-22)24-17-19-26(20-18-24)29(21-4-2)28(31)30-27(32-29)25-11-8-6-9-12-25/h6,8-9,11-12,17-20,22-23H,3-5,7,10,13-16,21H2,1-2H3/t22?,23?,29-/m1/s1. The number of ether oxygens (including phenoxy) is 1. The molecule has 1 aliphatic carbocycles. The van der Waals surface area contributed by atoms with Crippen molar-refractivity contribution in [2.24, 2.45) is 10.9 Å². The minimum absolute atomic E-state index is 0.182. The maximum absolute atomic E-state index is 13.1. The lowest BCUT2D eigenvalue weighted by Gasteiger charge is -2.30. The van der Waals surface area contributed by atoms with Crippen LogP contribution in [0.15, 0.2) is 59.6 Å². The van der Waals surface area contributed by atoms with Crippen molar-refractivity contribution in [3.63, 3.8) is 0 Å². The molecule has 0 aromatic heterocycles. The lowest BCUT2D eigenvalue weighted by Crippen LogP contribution is -2.34. The Bertz CT molecular complexity index is 910. The van der Waals surface area contributed by atoms with E-state index in [4.69, 9.17) is 4.74 Å². The van der Waals surface area contributed by atoms with E-state index >= 15 is 0 Å². The highest BCUT2D eigenvalue weighted by molar-refractivity contribution is 6.09. The second-order valence-corrected chi connectivity index (χ2v) is 9.60. The monoisotopic (exact) mass is 431 g/mol. The normalized spacial score (nSPS) is 25.4. The molecule has 0 N–H and O–H groups in total. The maximum Gasteiger partial charge on any atom is 0.297 e. The van der Waals surface area contributed by atoms with Crippen LogP contribution in [0.2, 0.25) is 0 Å². The predicted octanol–water partition coefficient (Wildman–Crippen LogP) is 7.54. The summed E-state index contributed by atoms with van der Waals surface area (Å²) in [6, 6.07) is 18.4. The Morgan fingerprint density at radius 1 is 0.906 bits per heavy atom. The fourth-order valence-corrected chi connectivity index (χ4v) is 5.45. The van der Waals surface area contributed by atoms with Crippen molar-refractivity contribution < 1.29 is 9.53 Å². The van der Waals surface area contributed by atoms with Gasteiger partial charge in [-0.05, 0) is 55.2 Å². The molecule has 0 saturated heterocycles. The summed E-state index contributed by atoms with van der Waals surface area (Å²) in [5.74, 6) is 1.82. The molecule has 1 saturated carbocycles. The van der Waals surface area contributed by atoms with Gasteiger partial charge in [0.15, 0.2) is 0 Å². The Balaban J connectivity index is 1.45. The fraction of sp³-hybridized carbons (Fsp3) is 0.517. The lowest BCUT2D eigenvalue weighted by atomic mass is 9.76. The first-order chi connectivity index (χ1) is 15.7. The van der Waals surface area contributed by atoms with E-state index in [0.29, 0.717) is 18.2 Å². The van der Waals surface area contributed by atoms with Gasteiger partial charge in [-0.3, -0.25) is 4.79 Å². The van der Waals surface area contributed by atoms with Crippen LogP contribution in [-0.4, -0.2) is 11.8 Å². The third kappa shape index (κ3) is 4.82. The van der Waals surface area contributed by atoms with Gasteiger partial charge in [-0.2, -0.15) is 4.99 Å². The van der Waals surface area contributed by atoms with Crippen LogP contribution >= 0.6 is 0 Å². The van der Waals surface area contributed by atoms with Gasteiger partial charge >= 0.3 is 0 Å². The van der Waals surface area contributed by atoms with Crippen molar-refractivity contribution in [2.45, 2.75) is 89.6 Å². The zero-order valence-electron chi connectivity index (χ0n) is 19.7. The average Bonchev–Trinajstić information content (AvgIpc) is 3.18. The van der Waals surface area contributed by atoms with Gasteiger partial charge in [-0.25, -0.2) is 0 Å². The van der Waals surface area contributed by atoms with Gasteiger partial charge in [-0.15, -0.1) is 0 Å². The van der Waals surface area contributed by atoms with Crippen molar-refractivity contribution in [1.29, 1.82) is 0 Å². The molecule has 3 heteroatoms. The average molecular weight is 432 g/mol. The molecule has 2 aromatic rings. The molecule has 3 nitrogen and oxygen atoms in total. The Kier molecular flexibility index (Phi) is 7.44. The smallest absolute Gasteiger partial charge is 0.297 e. The molecule has 1 aliphatic heterocycles. The van der Waals surface area contributed by atoms with E-state index in [0.717, 1.165) is 23.5 Å². The first kappa shape index (κ1) is 22.8. The molecule has 0 spiro atoms. The molecule has 1 amide bonds. The summed E-state index contributed by atoms with van der Waals surface area (Å²) < 4.78 is 6.32. The zero-order valence-corrected chi connectivity index (χ0v) is 19.7. The lowest BCUT2D eigenvalue weighted by molar-refractivity contribution is -0.132. The molecule has 1 atom stereocenters. The molecule has 0 unspecified atom stereocenters. The number of hydrogen-bond acceptors (Lipinski definition) is 2. The van der Waals surface area contributed by atoms with Gasteiger partial charge < -0.3 is 4.74 Å². The molecule has 0 bridgehead atoms. The van der Waals surface area contributed by atoms with Crippen molar-refractivity contribution >= 4 is 11.8 Å². The molecule has 2 aliphatic rings. The summed E-state index contributed by atoms with van der Waals surface area (Å²) in [6.07, 6.45) is 12.2. The Morgan fingerprint density at radius 3 is 2.28 bits per heavy atom. The van der Waals surface area contributed by atoms with Crippen LogP contribution in [-0.2, 0) is 15.1 Å². The predicted molar refractivity (Wildman–Crippen MR) is 131 cm³/mol. The van der Waals surface area contributed by atoms with Crippen LogP contribution < -0.4 is 0 Å². The van der Waals surface area contributed by atoms with Gasteiger partial charge in [0.05, 0.1) is 0 Å². The number of carbonyl (C=O) groups is 1. The molecule has 0 radical (unpaired) electrons. The van der Waals surface area contributed by atoms with Gasteiger partial charge in [0, 0.05) is 17.5 Å². The summed E-state index contributed by atoms with van der Waals surface area (Å²) in [7, 11) is 0. The first-order valence-corrected chi connectivity index (χ1v) is 12.6. The summed E-state index contributed by atoms with van der Waals surface area (Å²) in [6.45, 7) is 4.37. The zero-order chi connectivity index (χ0) is 22.4. The number of unbranched alkanes of at least 4 members (excludes halogenated alkanes) is 2. The van der Waals surface area contributed by atoms with E-state index in [9.17, 15) is 4.79 Å². The largest absolute Gasteiger partial charge is 0.455 e. The molecular weight excluding hydrogens is 394 g/mol. The number of nitrogens with zero attached hydrogens (tertiary/aromatic N) is 1. The first-order valence-electron chi connectivity index (χ1n) is 12.6. The highest BCUT2D eigenvalue weighted by Gasteiger charge is 2.47. The maximum atomic E-state index is 13.1. The number of rotatable bonds is 9. The number of amides is 1. The van der Waals surface area contributed by atoms with E-state index in [1.54, 1.807) is 0 Å². The number of carbonyl (C=O) groups excluding carboxylic acids is 1. The Morgan fingerprint density at radius 2 is 1.62 bits per heavy atom. The van der Waals surface area contributed by atoms with Crippen molar-refractivity contribution in [3.8, 4) is 0 Å². The second kappa shape index (κ2) is 10.5.